The molecule has 0 saturated carbocycles. The van der Waals surface area contributed by atoms with Crippen LogP contribution < -0.4 is 10.5 Å². The minimum absolute atomic E-state index is 0.571. The number of anilines is 1. The van der Waals surface area contributed by atoms with E-state index < -0.39 is 0 Å². The van der Waals surface area contributed by atoms with Crippen LogP contribution in [0.2, 0.25) is 0 Å². The number of hydrogen-bond acceptors (Lipinski definition) is 4. The van der Waals surface area contributed by atoms with Crippen molar-refractivity contribution in [1.82, 2.24) is 14.7 Å². The third-order valence-corrected chi connectivity index (χ3v) is 4.30. The fraction of sp³-hybridized carbons (Fsp3) is 0.471. The van der Waals surface area contributed by atoms with E-state index in [1.54, 1.807) is 4.68 Å². The summed E-state index contributed by atoms with van der Waals surface area (Å²) >= 11 is 0. The number of ether oxygens (including phenoxy) is 1. The smallest absolute Gasteiger partial charge is 0.238 e. The molecule has 0 unspecified atom stereocenters. The number of likely N-dealkylation sites (tertiary alicyclic amines) is 1. The van der Waals surface area contributed by atoms with Crippen LogP contribution in [-0.2, 0) is 0 Å². The van der Waals surface area contributed by atoms with Gasteiger partial charge in [-0.2, -0.15) is 0 Å². The first-order chi connectivity index (χ1) is 10.6. The van der Waals surface area contributed by atoms with Crippen LogP contribution in [0, 0.1) is 12.8 Å². The molecule has 2 aromatic rings. The zero-order valence-electron chi connectivity index (χ0n) is 13.3. The topological polar surface area (TPSA) is 56.3 Å². The molecule has 1 atom stereocenters. The minimum atomic E-state index is 0.571. The van der Waals surface area contributed by atoms with Crippen LogP contribution in [-0.4, -0.2) is 41.4 Å². The fourth-order valence-electron chi connectivity index (χ4n) is 3.00. The Morgan fingerprint density at radius 2 is 2.09 bits per heavy atom. The number of aromatic nitrogens is 2. The van der Waals surface area contributed by atoms with Gasteiger partial charge >= 0.3 is 0 Å². The van der Waals surface area contributed by atoms with E-state index in [0.29, 0.717) is 24.2 Å². The fourth-order valence-corrected chi connectivity index (χ4v) is 3.00. The first-order valence-corrected chi connectivity index (χ1v) is 7.87. The highest BCUT2D eigenvalue weighted by atomic mass is 16.5. The molecular formula is C17H24N4O. The summed E-state index contributed by atoms with van der Waals surface area (Å²) in [7, 11) is 2.17. The van der Waals surface area contributed by atoms with Crippen molar-refractivity contribution in [2.24, 2.45) is 5.92 Å². The first kappa shape index (κ1) is 14.9. The van der Waals surface area contributed by atoms with Crippen LogP contribution in [0.3, 0.4) is 0 Å². The molecule has 0 amide bonds. The van der Waals surface area contributed by atoms with E-state index in [2.05, 4.69) is 17.0 Å². The van der Waals surface area contributed by atoms with Gasteiger partial charge in [-0.25, -0.2) is 4.68 Å². The van der Waals surface area contributed by atoms with E-state index in [-0.39, 0.29) is 0 Å². The van der Waals surface area contributed by atoms with Crippen LogP contribution in [0.15, 0.2) is 30.3 Å². The largest absolute Gasteiger partial charge is 0.476 e. The summed E-state index contributed by atoms with van der Waals surface area (Å²) < 4.78 is 7.72. The number of nitrogen functional groups attached to an aromatic ring is 1. The molecule has 0 spiro atoms. The van der Waals surface area contributed by atoms with E-state index in [1.165, 1.54) is 19.4 Å². The quantitative estimate of drug-likeness (QED) is 0.942. The number of nitrogens with two attached hydrogens (primary N) is 1. The summed E-state index contributed by atoms with van der Waals surface area (Å²) in [5.74, 6) is 1.86. The summed E-state index contributed by atoms with van der Waals surface area (Å²) in [5, 5.41) is 4.54. The molecule has 0 aliphatic carbocycles. The zero-order chi connectivity index (χ0) is 15.5. The average Bonchev–Trinajstić information content (AvgIpc) is 2.82. The van der Waals surface area contributed by atoms with Gasteiger partial charge in [0.15, 0.2) is 0 Å². The maximum Gasteiger partial charge on any atom is 0.238 e. The molecule has 5 nitrogen and oxygen atoms in total. The number of nitrogens with zero attached hydrogens (tertiary/aromatic N) is 3. The Labute approximate surface area is 131 Å². The molecule has 2 N–H and O–H groups in total. The lowest BCUT2D eigenvalue weighted by Gasteiger charge is -2.29. The van der Waals surface area contributed by atoms with Gasteiger partial charge < -0.3 is 15.4 Å². The Bertz CT molecular complexity index is 623. The standard InChI is InChI=1S/C17H24N4O/c1-13-16(18)21(15-8-4-3-5-9-15)19-17(13)22-12-14-7-6-10-20(2)11-14/h3-5,8-9,14H,6-7,10-12,18H2,1-2H3/t14-/m1/s1. The molecule has 1 aromatic heterocycles. The Balaban J connectivity index is 1.72. The number of benzene rings is 1. The molecule has 1 fully saturated rings. The second kappa shape index (κ2) is 6.40. The Kier molecular flexibility index (Phi) is 4.34. The monoisotopic (exact) mass is 300 g/mol. The van der Waals surface area contributed by atoms with Crippen LogP contribution in [0.1, 0.15) is 18.4 Å². The molecular weight excluding hydrogens is 276 g/mol. The van der Waals surface area contributed by atoms with E-state index in [4.69, 9.17) is 10.5 Å². The summed E-state index contributed by atoms with van der Waals surface area (Å²) in [6.45, 7) is 4.94. The molecule has 5 heteroatoms. The van der Waals surface area contributed by atoms with E-state index >= 15 is 0 Å². The van der Waals surface area contributed by atoms with Gasteiger partial charge in [0.05, 0.1) is 17.9 Å². The molecule has 0 bridgehead atoms. The zero-order valence-corrected chi connectivity index (χ0v) is 13.3. The molecule has 2 heterocycles. The van der Waals surface area contributed by atoms with Gasteiger partial charge in [0, 0.05) is 12.5 Å². The normalized spacial score (nSPS) is 19.3. The second-order valence-corrected chi connectivity index (χ2v) is 6.14. The molecule has 1 aromatic carbocycles. The van der Waals surface area contributed by atoms with Crippen LogP contribution in [0.5, 0.6) is 5.88 Å². The number of piperidine rings is 1. The van der Waals surface area contributed by atoms with Gasteiger partial charge in [0.2, 0.25) is 5.88 Å². The van der Waals surface area contributed by atoms with Crippen molar-refractivity contribution in [3.05, 3.63) is 35.9 Å². The van der Waals surface area contributed by atoms with Crippen molar-refractivity contribution >= 4 is 5.82 Å². The number of hydrogen-bond donors (Lipinski definition) is 1. The maximum absolute atomic E-state index is 6.18. The summed E-state index contributed by atoms with van der Waals surface area (Å²) in [4.78, 5) is 2.36. The molecule has 1 saturated heterocycles. The molecule has 1 aliphatic rings. The van der Waals surface area contributed by atoms with E-state index in [1.807, 2.05) is 37.3 Å². The Morgan fingerprint density at radius 3 is 2.82 bits per heavy atom. The van der Waals surface area contributed by atoms with Crippen molar-refractivity contribution in [3.63, 3.8) is 0 Å². The highest BCUT2D eigenvalue weighted by molar-refractivity contribution is 5.51. The molecule has 0 radical (unpaired) electrons. The van der Waals surface area contributed by atoms with Gasteiger partial charge in [0.1, 0.15) is 5.82 Å². The molecule has 3 rings (SSSR count). The third kappa shape index (κ3) is 3.09. The van der Waals surface area contributed by atoms with Crippen molar-refractivity contribution in [1.29, 1.82) is 0 Å². The minimum Gasteiger partial charge on any atom is -0.476 e. The van der Waals surface area contributed by atoms with Crippen molar-refractivity contribution in [2.75, 3.05) is 32.5 Å². The Morgan fingerprint density at radius 1 is 1.32 bits per heavy atom. The lowest BCUT2D eigenvalue weighted by molar-refractivity contribution is 0.147. The average molecular weight is 300 g/mol. The van der Waals surface area contributed by atoms with Gasteiger partial charge in [-0.3, -0.25) is 0 Å². The van der Waals surface area contributed by atoms with Gasteiger partial charge in [-0.05, 0) is 45.5 Å². The lowest BCUT2D eigenvalue weighted by atomic mass is 10.00. The summed E-state index contributed by atoms with van der Waals surface area (Å²) in [6, 6.07) is 9.91. The van der Waals surface area contributed by atoms with Crippen LogP contribution in [0.25, 0.3) is 5.69 Å². The maximum atomic E-state index is 6.18. The predicted molar refractivity (Wildman–Crippen MR) is 88.4 cm³/mol. The highest BCUT2D eigenvalue weighted by Gasteiger charge is 2.20. The molecule has 1 aliphatic heterocycles. The second-order valence-electron chi connectivity index (χ2n) is 6.14. The first-order valence-electron chi connectivity index (χ1n) is 7.87. The van der Waals surface area contributed by atoms with Gasteiger partial charge in [0.25, 0.3) is 0 Å². The van der Waals surface area contributed by atoms with E-state index in [0.717, 1.165) is 17.8 Å². The molecule has 22 heavy (non-hydrogen) atoms. The highest BCUT2D eigenvalue weighted by Crippen LogP contribution is 2.26. The van der Waals surface area contributed by atoms with Crippen molar-refractivity contribution < 1.29 is 4.74 Å². The summed E-state index contributed by atoms with van der Waals surface area (Å²) in [6.07, 6.45) is 2.46. The van der Waals surface area contributed by atoms with Crippen LogP contribution >= 0.6 is 0 Å². The van der Waals surface area contributed by atoms with E-state index in [9.17, 15) is 0 Å². The number of rotatable bonds is 4. The Hall–Kier alpha value is -2.01. The summed E-state index contributed by atoms with van der Waals surface area (Å²) in [5.41, 5.74) is 8.04. The third-order valence-electron chi connectivity index (χ3n) is 4.30. The SMILES string of the molecule is Cc1c(OC[C@@H]2CCCN(C)C2)nn(-c2ccccc2)c1N. The van der Waals surface area contributed by atoms with Gasteiger partial charge in [-0.1, -0.05) is 18.2 Å². The predicted octanol–water partition coefficient (Wildman–Crippen LogP) is 2.48. The van der Waals surface area contributed by atoms with Crippen molar-refractivity contribution in [2.45, 2.75) is 19.8 Å². The van der Waals surface area contributed by atoms with Crippen LogP contribution in [0.4, 0.5) is 5.82 Å². The van der Waals surface area contributed by atoms with Crippen molar-refractivity contribution in [3.8, 4) is 11.6 Å². The number of para-hydroxylation sites is 1. The molecule has 118 valence electrons. The lowest BCUT2D eigenvalue weighted by Crippen LogP contribution is -2.34. The van der Waals surface area contributed by atoms with Gasteiger partial charge in [-0.15, -0.1) is 5.10 Å².